The van der Waals surface area contributed by atoms with Crippen molar-refractivity contribution in [3.63, 3.8) is 0 Å². The zero-order chi connectivity index (χ0) is 23.5. The SMILES string of the molecule is Cc1nnc(NNC(=O)c2ccc(S(=O)(=O)Nc3cccc(C(F)(F)F)c3)cc2)[nH]c1=O. The number of anilines is 2. The Morgan fingerprint density at radius 3 is 2.38 bits per heavy atom. The molecule has 0 saturated carbocycles. The number of hydrogen-bond acceptors (Lipinski definition) is 7. The molecule has 3 rings (SSSR count). The third-order valence-corrected chi connectivity index (χ3v) is 5.42. The summed E-state index contributed by atoms with van der Waals surface area (Å²) in [5, 5.41) is 7.20. The molecule has 0 radical (unpaired) electrons. The minimum Gasteiger partial charge on any atom is -0.288 e. The first kappa shape index (κ1) is 22.7. The molecule has 2 aromatic carbocycles. The van der Waals surface area contributed by atoms with E-state index in [4.69, 9.17) is 0 Å². The van der Waals surface area contributed by atoms with Gasteiger partial charge in [-0.2, -0.15) is 13.2 Å². The average Bonchev–Trinajstić information content (AvgIpc) is 2.74. The van der Waals surface area contributed by atoms with Crippen LogP contribution in [0.4, 0.5) is 24.8 Å². The Morgan fingerprint density at radius 1 is 1.06 bits per heavy atom. The first-order valence-corrected chi connectivity index (χ1v) is 10.2. The number of halogens is 3. The van der Waals surface area contributed by atoms with Crippen LogP contribution < -0.4 is 21.1 Å². The topological polar surface area (TPSA) is 146 Å². The Labute approximate surface area is 178 Å². The van der Waals surface area contributed by atoms with Crippen LogP contribution in [0.25, 0.3) is 0 Å². The normalized spacial score (nSPS) is 11.6. The molecule has 0 aliphatic rings. The number of hydrogen-bond donors (Lipinski definition) is 4. The summed E-state index contributed by atoms with van der Waals surface area (Å²) in [7, 11) is -4.20. The highest BCUT2D eigenvalue weighted by molar-refractivity contribution is 7.92. The van der Waals surface area contributed by atoms with Gasteiger partial charge in [0.2, 0.25) is 5.95 Å². The van der Waals surface area contributed by atoms with Crippen LogP contribution in [0.3, 0.4) is 0 Å². The van der Waals surface area contributed by atoms with Crippen LogP contribution in [0.5, 0.6) is 0 Å². The van der Waals surface area contributed by atoms with E-state index in [1.807, 2.05) is 0 Å². The first-order chi connectivity index (χ1) is 15.0. The average molecular weight is 468 g/mol. The van der Waals surface area contributed by atoms with Gasteiger partial charge < -0.3 is 0 Å². The van der Waals surface area contributed by atoms with Crippen LogP contribution in [-0.4, -0.2) is 29.5 Å². The second-order valence-corrected chi connectivity index (χ2v) is 8.06. The number of benzene rings is 2. The Hall–Kier alpha value is -3.94. The van der Waals surface area contributed by atoms with E-state index in [0.29, 0.717) is 6.07 Å². The molecule has 0 atom stereocenters. The van der Waals surface area contributed by atoms with E-state index in [2.05, 4.69) is 30.8 Å². The number of aryl methyl sites for hydroxylation is 1. The summed E-state index contributed by atoms with van der Waals surface area (Å²) in [4.78, 5) is 25.7. The maximum absolute atomic E-state index is 12.8. The molecule has 0 saturated heterocycles. The molecule has 0 bridgehead atoms. The Kier molecular flexibility index (Phi) is 6.16. The summed E-state index contributed by atoms with van der Waals surface area (Å²) in [5.41, 5.74) is 3.02. The van der Waals surface area contributed by atoms with Crippen LogP contribution in [0.15, 0.2) is 58.2 Å². The van der Waals surface area contributed by atoms with E-state index >= 15 is 0 Å². The number of nitrogens with zero attached hydrogens (tertiary/aromatic N) is 2. The number of carbonyl (C=O) groups is 1. The van der Waals surface area contributed by atoms with E-state index in [0.717, 1.165) is 24.3 Å². The summed E-state index contributed by atoms with van der Waals surface area (Å²) in [5.74, 6) is -0.790. The van der Waals surface area contributed by atoms with Crippen LogP contribution >= 0.6 is 0 Å². The van der Waals surface area contributed by atoms with E-state index in [1.54, 1.807) is 0 Å². The fourth-order valence-electron chi connectivity index (χ4n) is 2.40. The molecule has 0 unspecified atom stereocenters. The van der Waals surface area contributed by atoms with Gasteiger partial charge >= 0.3 is 6.18 Å². The molecule has 3 aromatic rings. The highest BCUT2D eigenvalue weighted by Crippen LogP contribution is 2.31. The molecule has 0 fully saturated rings. The number of amides is 1. The van der Waals surface area contributed by atoms with Crippen molar-refractivity contribution in [1.29, 1.82) is 0 Å². The van der Waals surface area contributed by atoms with Crippen molar-refractivity contribution in [2.45, 2.75) is 18.0 Å². The Balaban J connectivity index is 1.69. The molecule has 168 valence electrons. The highest BCUT2D eigenvalue weighted by atomic mass is 32.2. The van der Waals surface area contributed by atoms with E-state index in [9.17, 15) is 31.2 Å². The first-order valence-electron chi connectivity index (χ1n) is 8.76. The van der Waals surface area contributed by atoms with Crippen molar-refractivity contribution in [3.8, 4) is 0 Å². The summed E-state index contributed by atoms with van der Waals surface area (Å²) < 4.78 is 65.4. The second-order valence-electron chi connectivity index (χ2n) is 6.38. The number of sulfonamides is 1. The second kappa shape index (κ2) is 8.66. The molecule has 1 aromatic heterocycles. The van der Waals surface area contributed by atoms with Gasteiger partial charge in [-0.3, -0.25) is 30.1 Å². The lowest BCUT2D eigenvalue weighted by molar-refractivity contribution is -0.137. The van der Waals surface area contributed by atoms with E-state index in [-0.39, 0.29) is 27.8 Å². The zero-order valence-corrected chi connectivity index (χ0v) is 17.0. The number of H-pyrrole nitrogens is 1. The number of hydrazine groups is 1. The quantitative estimate of drug-likeness (QED) is 0.405. The lowest BCUT2D eigenvalue weighted by Gasteiger charge is -2.12. The van der Waals surface area contributed by atoms with Gasteiger partial charge in [0.1, 0.15) is 5.69 Å². The van der Waals surface area contributed by atoms with Crippen molar-refractivity contribution >= 4 is 27.6 Å². The monoisotopic (exact) mass is 468 g/mol. The minimum absolute atomic E-state index is 0.0536. The maximum Gasteiger partial charge on any atom is 0.416 e. The number of nitrogens with one attached hydrogen (secondary N) is 4. The number of carbonyl (C=O) groups excluding carboxylic acids is 1. The number of aromatic amines is 1. The number of rotatable bonds is 6. The molecule has 32 heavy (non-hydrogen) atoms. The van der Waals surface area contributed by atoms with E-state index in [1.165, 1.54) is 25.1 Å². The molecule has 0 aliphatic heterocycles. The van der Waals surface area contributed by atoms with Crippen molar-refractivity contribution in [2.24, 2.45) is 0 Å². The third kappa shape index (κ3) is 5.40. The lowest BCUT2D eigenvalue weighted by Crippen LogP contribution is -2.32. The van der Waals surface area contributed by atoms with Crippen LogP contribution in [0.2, 0.25) is 0 Å². The van der Waals surface area contributed by atoms with Gasteiger partial charge in [-0.25, -0.2) is 8.42 Å². The van der Waals surface area contributed by atoms with Crippen molar-refractivity contribution in [3.05, 3.63) is 75.7 Å². The summed E-state index contributed by atoms with van der Waals surface area (Å²) >= 11 is 0. The summed E-state index contributed by atoms with van der Waals surface area (Å²) in [6.45, 7) is 1.45. The van der Waals surface area contributed by atoms with Gasteiger partial charge in [0.25, 0.3) is 21.5 Å². The molecule has 1 amide bonds. The fourth-order valence-corrected chi connectivity index (χ4v) is 3.45. The summed E-state index contributed by atoms with van der Waals surface area (Å²) in [6, 6.07) is 8.35. The zero-order valence-electron chi connectivity index (χ0n) is 16.2. The smallest absolute Gasteiger partial charge is 0.288 e. The largest absolute Gasteiger partial charge is 0.416 e. The molecule has 0 spiro atoms. The van der Waals surface area contributed by atoms with Crippen molar-refractivity contribution < 1.29 is 26.4 Å². The summed E-state index contributed by atoms with van der Waals surface area (Å²) in [6.07, 6.45) is -4.62. The third-order valence-electron chi connectivity index (χ3n) is 4.02. The van der Waals surface area contributed by atoms with E-state index < -0.39 is 33.2 Å². The standard InChI is InChI=1S/C18H15F3N6O4S/c1-10-15(28)22-17(25-23-10)26-24-16(29)11-5-7-14(8-6-11)32(30,31)27-13-4-2-3-12(9-13)18(19,20)21/h2-9,27H,1H3,(H,24,29)(H2,22,25,26,28). The molecular formula is C18H15F3N6O4S. The number of alkyl halides is 3. The Morgan fingerprint density at radius 2 is 1.75 bits per heavy atom. The van der Waals surface area contributed by atoms with Crippen molar-refractivity contribution in [2.75, 3.05) is 10.1 Å². The van der Waals surface area contributed by atoms with Crippen molar-refractivity contribution in [1.82, 2.24) is 20.6 Å². The predicted molar refractivity (Wildman–Crippen MR) is 107 cm³/mol. The molecule has 4 N–H and O–H groups in total. The van der Waals surface area contributed by atoms with Crippen LogP contribution in [0.1, 0.15) is 21.6 Å². The van der Waals surface area contributed by atoms with Gasteiger partial charge in [0.05, 0.1) is 10.5 Å². The molecule has 1 heterocycles. The number of aromatic nitrogens is 3. The molecule has 0 aliphatic carbocycles. The van der Waals surface area contributed by atoms with Gasteiger partial charge in [-0.05, 0) is 49.4 Å². The van der Waals surface area contributed by atoms with Gasteiger partial charge in [-0.1, -0.05) is 6.07 Å². The molecule has 14 heteroatoms. The van der Waals surface area contributed by atoms with Gasteiger partial charge in [0, 0.05) is 11.3 Å². The highest BCUT2D eigenvalue weighted by Gasteiger charge is 2.30. The lowest BCUT2D eigenvalue weighted by atomic mass is 10.2. The van der Waals surface area contributed by atoms with Gasteiger partial charge in [-0.15, -0.1) is 10.2 Å². The minimum atomic E-state index is -4.62. The van der Waals surface area contributed by atoms with Crippen LogP contribution in [0, 0.1) is 6.92 Å². The van der Waals surface area contributed by atoms with Gasteiger partial charge in [0.15, 0.2) is 0 Å². The van der Waals surface area contributed by atoms with Crippen LogP contribution in [-0.2, 0) is 16.2 Å². The molecule has 10 nitrogen and oxygen atoms in total. The predicted octanol–water partition coefficient (Wildman–Crippen LogP) is 2.05. The maximum atomic E-state index is 12.8. The fraction of sp³-hybridized carbons (Fsp3) is 0.111. The molecular weight excluding hydrogens is 453 g/mol. The Bertz CT molecular complexity index is 1310.